The SMILES string of the molecule is COC(=O)C(N)Cc1ccc(OCc2ccccc2F)cc1.Cl. The van der Waals surface area contributed by atoms with Crippen molar-refractivity contribution in [2.24, 2.45) is 5.73 Å². The van der Waals surface area contributed by atoms with Crippen LogP contribution in [0.2, 0.25) is 0 Å². The lowest BCUT2D eigenvalue weighted by molar-refractivity contribution is -0.142. The highest BCUT2D eigenvalue weighted by atomic mass is 35.5. The van der Waals surface area contributed by atoms with Gasteiger partial charge in [-0.1, -0.05) is 30.3 Å². The lowest BCUT2D eigenvalue weighted by atomic mass is 10.1. The summed E-state index contributed by atoms with van der Waals surface area (Å²) in [6.45, 7) is 0.160. The topological polar surface area (TPSA) is 61.5 Å². The Balaban J connectivity index is 0.00000264. The summed E-state index contributed by atoms with van der Waals surface area (Å²) >= 11 is 0. The summed E-state index contributed by atoms with van der Waals surface area (Å²) in [7, 11) is 1.31. The minimum absolute atomic E-state index is 0. The second-order valence-corrected chi connectivity index (χ2v) is 4.86. The molecule has 2 aromatic rings. The van der Waals surface area contributed by atoms with Crippen molar-refractivity contribution < 1.29 is 18.7 Å². The van der Waals surface area contributed by atoms with Crippen LogP contribution in [-0.4, -0.2) is 19.1 Å². The Morgan fingerprint density at radius 2 is 1.83 bits per heavy atom. The molecule has 2 N–H and O–H groups in total. The van der Waals surface area contributed by atoms with Gasteiger partial charge in [0.2, 0.25) is 0 Å². The molecule has 0 heterocycles. The summed E-state index contributed by atoms with van der Waals surface area (Å²) in [4.78, 5) is 11.3. The number of carbonyl (C=O) groups excluding carboxylic acids is 1. The third kappa shape index (κ3) is 5.54. The van der Waals surface area contributed by atoms with E-state index in [1.165, 1.54) is 13.2 Å². The van der Waals surface area contributed by atoms with E-state index in [-0.39, 0.29) is 24.8 Å². The normalized spacial score (nSPS) is 11.3. The second kappa shape index (κ2) is 9.12. The standard InChI is InChI=1S/C17H18FNO3.ClH/c1-21-17(20)16(19)10-12-6-8-14(9-7-12)22-11-13-4-2-3-5-15(13)18;/h2-9,16H,10-11,19H2,1H3;1H. The molecule has 0 saturated carbocycles. The smallest absolute Gasteiger partial charge is 0.322 e. The predicted molar refractivity (Wildman–Crippen MR) is 88.1 cm³/mol. The van der Waals surface area contributed by atoms with E-state index in [0.717, 1.165) is 5.56 Å². The Morgan fingerprint density at radius 3 is 2.43 bits per heavy atom. The van der Waals surface area contributed by atoms with Gasteiger partial charge in [-0.15, -0.1) is 12.4 Å². The Morgan fingerprint density at radius 1 is 1.17 bits per heavy atom. The number of esters is 1. The van der Waals surface area contributed by atoms with E-state index in [4.69, 9.17) is 10.5 Å². The number of rotatable bonds is 6. The van der Waals surface area contributed by atoms with Gasteiger partial charge in [-0.3, -0.25) is 4.79 Å². The molecule has 0 amide bonds. The molecule has 0 fully saturated rings. The lowest BCUT2D eigenvalue weighted by Gasteiger charge is -2.10. The molecule has 124 valence electrons. The van der Waals surface area contributed by atoms with Crippen molar-refractivity contribution in [2.75, 3.05) is 7.11 Å². The predicted octanol–water partition coefficient (Wildman–Crippen LogP) is 2.87. The molecule has 0 aliphatic heterocycles. The molecule has 2 rings (SSSR count). The van der Waals surface area contributed by atoms with Gasteiger partial charge in [0.05, 0.1) is 7.11 Å². The van der Waals surface area contributed by atoms with E-state index in [1.807, 2.05) is 12.1 Å². The van der Waals surface area contributed by atoms with E-state index in [0.29, 0.717) is 17.7 Å². The van der Waals surface area contributed by atoms with Crippen molar-refractivity contribution in [3.05, 3.63) is 65.5 Å². The summed E-state index contributed by atoms with van der Waals surface area (Å²) < 4.78 is 23.6. The van der Waals surface area contributed by atoms with Gasteiger partial charge in [-0.05, 0) is 30.2 Å². The molecule has 0 spiro atoms. The zero-order valence-electron chi connectivity index (χ0n) is 12.7. The lowest BCUT2D eigenvalue weighted by Crippen LogP contribution is -2.33. The van der Waals surface area contributed by atoms with Crippen molar-refractivity contribution >= 4 is 18.4 Å². The largest absolute Gasteiger partial charge is 0.489 e. The van der Waals surface area contributed by atoms with Crippen molar-refractivity contribution in [1.82, 2.24) is 0 Å². The van der Waals surface area contributed by atoms with Crippen LogP contribution in [0.4, 0.5) is 4.39 Å². The summed E-state index contributed by atoms with van der Waals surface area (Å²) in [5, 5.41) is 0. The summed E-state index contributed by atoms with van der Waals surface area (Å²) in [5.74, 6) is -0.110. The first-order chi connectivity index (χ1) is 10.6. The number of halogens is 2. The molecular weight excluding hydrogens is 321 g/mol. The van der Waals surface area contributed by atoms with Crippen LogP contribution in [0.15, 0.2) is 48.5 Å². The van der Waals surface area contributed by atoms with Gasteiger partial charge in [-0.2, -0.15) is 0 Å². The van der Waals surface area contributed by atoms with Gasteiger partial charge >= 0.3 is 5.97 Å². The first-order valence-corrected chi connectivity index (χ1v) is 6.88. The quantitative estimate of drug-likeness (QED) is 0.822. The van der Waals surface area contributed by atoms with Crippen LogP contribution in [0.25, 0.3) is 0 Å². The van der Waals surface area contributed by atoms with Crippen LogP contribution in [-0.2, 0) is 22.6 Å². The number of hydrogen-bond donors (Lipinski definition) is 1. The molecule has 1 atom stereocenters. The average Bonchev–Trinajstić information content (AvgIpc) is 2.54. The summed E-state index contributed by atoms with van der Waals surface area (Å²) in [5.41, 5.74) is 7.10. The van der Waals surface area contributed by atoms with E-state index >= 15 is 0 Å². The highest BCUT2D eigenvalue weighted by Gasteiger charge is 2.14. The highest BCUT2D eigenvalue weighted by Crippen LogP contribution is 2.16. The maximum absolute atomic E-state index is 13.5. The fourth-order valence-electron chi connectivity index (χ4n) is 1.99. The maximum Gasteiger partial charge on any atom is 0.322 e. The Bertz CT molecular complexity index is 634. The second-order valence-electron chi connectivity index (χ2n) is 4.86. The molecule has 0 saturated heterocycles. The molecule has 0 aliphatic rings. The van der Waals surface area contributed by atoms with Crippen LogP contribution in [0.1, 0.15) is 11.1 Å². The zero-order chi connectivity index (χ0) is 15.9. The van der Waals surface area contributed by atoms with E-state index in [1.54, 1.807) is 30.3 Å². The number of methoxy groups -OCH3 is 1. The summed E-state index contributed by atoms with van der Waals surface area (Å²) in [6.07, 6.45) is 0.389. The highest BCUT2D eigenvalue weighted by molar-refractivity contribution is 5.85. The monoisotopic (exact) mass is 339 g/mol. The summed E-state index contributed by atoms with van der Waals surface area (Å²) in [6, 6.07) is 13.0. The Labute approximate surface area is 140 Å². The molecule has 4 nitrogen and oxygen atoms in total. The zero-order valence-corrected chi connectivity index (χ0v) is 13.5. The van der Waals surface area contributed by atoms with Crippen LogP contribution >= 0.6 is 12.4 Å². The van der Waals surface area contributed by atoms with Gasteiger partial charge in [-0.25, -0.2) is 4.39 Å². The van der Waals surface area contributed by atoms with Crippen molar-refractivity contribution in [2.45, 2.75) is 19.1 Å². The molecule has 1 unspecified atom stereocenters. The minimum Gasteiger partial charge on any atom is -0.489 e. The molecule has 6 heteroatoms. The van der Waals surface area contributed by atoms with Crippen molar-refractivity contribution in [3.63, 3.8) is 0 Å². The van der Waals surface area contributed by atoms with E-state index in [9.17, 15) is 9.18 Å². The first kappa shape index (κ1) is 18.9. The van der Waals surface area contributed by atoms with Gasteiger partial charge in [0.25, 0.3) is 0 Å². The maximum atomic E-state index is 13.5. The van der Waals surface area contributed by atoms with Gasteiger partial charge in [0, 0.05) is 5.56 Å². The van der Waals surface area contributed by atoms with E-state index in [2.05, 4.69) is 4.74 Å². The minimum atomic E-state index is -0.685. The number of ether oxygens (including phenoxy) is 2. The Kier molecular flexibility index (Phi) is 7.51. The van der Waals surface area contributed by atoms with Crippen LogP contribution in [0, 0.1) is 5.82 Å². The van der Waals surface area contributed by atoms with Crippen LogP contribution in [0.3, 0.4) is 0 Å². The Hall–Kier alpha value is -2.11. The number of carbonyl (C=O) groups is 1. The van der Waals surface area contributed by atoms with Gasteiger partial charge in [0.15, 0.2) is 0 Å². The van der Waals surface area contributed by atoms with E-state index < -0.39 is 12.0 Å². The molecule has 23 heavy (non-hydrogen) atoms. The molecule has 0 aliphatic carbocycles. The molecule has 0 bridgehead atoms. The molecular formula is C17H19ClFNO3. The molecule has 2 aromatic carbocycles. The van der Waals surface area contributed by atoms with Crippen LogP contribution < -0.4 is 10.5 Å². The number of nitrogens with two attached hydrogens (primary N) is 1. The van der Waals surface area contributed by atoms with Gasteiger partial charge in [0.1, 0.15) is 24.2 Å². The first-order valence-electron chi connectivity index (χ1n) is 6.88. The molecule has 0 aromatic heterocycles. The number of benzene rings is 2. The van der Waals surface area contributed by atoms with Gasteiger partial charge < -0.3 is 15.2 Å². The molecule has 0 radical (unpaired) electrons. The van der Waals surface area contributed by atoms with Crippen molar-refractivity contribution in [3.8, 4) is 5.75 Å². The number of hydrogen-bond acceptors (Lipinski definition) is 4. The van der Waals surface area contributed by atoms with Crippen LogP contribution in [0.5, 0.6) is 5.75 Å². The fraction of sp³-hybridized carbons (Fsp3) is 0.235. The van der Waals surface area contributed by atoms with Crippen molar-refractivity contribution in [1.29, 1.82) is 0 Å². The fourth-order valence-corrected chi connectivity index (χ4v) is 1.99. The third-order valence-corrected chi connectivity index (χ3v) is 3.24. The third-order valence-electron chi connectivity index (χ3n) is 3.24. The average molecular weight is 340 g/mol.